The van der Waals surface area contributed by atoms with E-state index in [9.17, 15) is 0 Å². The van der Waals surface area contributed by atoms with E-state index in [1.165, 1.54) is 21.9 Å². The number of aryl methyl sites for hydroxylation is 1. The minimum absolute atomic E-state index is 0.0476. The zero-order valence-electron chi connectivity index (χ0n) is 13.1. The Balaban J connectivity index is 2.23. The van der Waals surface area contributed by atoms with E-state index in [0.29, 0.717) is 0 Å². The number of rotatable bonds is 7. The third kappa shape index (κ3) is 5.20. The second kappa shape index (κ2) is 8.47. The van der Waals surface area contributed by atoms with Crippen LogP contribution in [0.25, 0.3) is 10.8 Å². The molecule has 2 aromatic rings. The molecule has 2 aromatic carbocycles. The Morgan fingerprint density at radius 1 is 1.18 bits per heavy atom. The number of halogens is 2. The third-order valence-electron chi connectivity index (χ3n) is 3.70. The normalized spacial score (nSPS) is 13.5. The molecule has 1 atom stereocenters. The van der Waals surface area contributed by atoms with Crippen molar-refractivity contribution >= 4 is 50.5 Å². The van der Waals surface area contributed by atoms with Crippen LogP contribution in [0.3, 0.4) is 0 Å². The van der Waals surface area contributed by atoms with Crippen molar-refractivity contribution in [2.75, 3.05) is 6.61 Å². The summed E-state index contributed by atoms with van der Waals surface area (Å²) in [5.41, 5.74) is 8.78. The first-order valence-corrected chi connectivity index (χ1v) is 23.7. The molecule has 0 bridgehead atoms. The zero-order chi connectivity index (χ0) is 16.2. The molecule has 0 heterocycles. The quantitative estimate of drug-likeness (QED) is 0.471. The second-order valence-corrected chi connectivity index (χ2v) is 35.9. The molecular weight excluding hydrogens is 513 g/mol. The Labute approximate surface area is 149 Å². The van der Waals surface area contributed by atoms with Gasteiger partial charge in [-0.05, 0) is 0 Å². The van der Waals surface area contributed by atoms with E-state index < -0.39 is 14.3 Å². The predicted molar refractivity (Wildman–Crippen MR) is 105 cm³/mol. The Hall–Kier alpha value is 0.379. The van der Waals surface area contributed by atoms with Gasteiger partial charge in [-0.15, -0.1) is 0 Å². The summed E-state index contributed by atoms with van der Waals surface area (Å²) in [7, 11) is 0. The van der Waals surface area contributed by atoms with Crippen LogP contribution in [0.5, 0.6) is 0 Å². The number of hydrogen-bond donors (Lipinski definition) is 1. The van der Waals surface area contributed by atoms with Crippen molar-refractivity contribution in [3.05, 3.63) is 47.5 Å². The summed E-state index contributed by atoms with van der Waals surface area (Å²) in [5.74, 6) is 0. The van der Waals surface area contributed by atoms with Crippen LogP contribution in [0.4, 0.5) is 0 Å². The minimum atomic E-state index is -2.71. The van der Waals surface area contributed by atoms with Gasteiger partial charge in [-0.3, -0.25) is 0 Å². The summed E-state index contributed by atoms with van der Waals surface area (Å²) in [6.45, 7) is 5.02. The molecular formula is C17H23Br2NOSn. The first kappa shape index (κ1) is 18.7. The van der Waals surface area contributed by atoms with Crippen LogP contribution < -0.4 is 5.73 Å². The molecule has 0 spiro atoms. The summed E-state index contributed by atoms with van der Waals surface area (Å²) in [5, 5.41) is 2.54. The van der Waals surface area contributed by atoms with Crippen molar-refractivity contribution in [3.8, 4) is 0 Å². The molecule has 0 fully saturated rings. The molecule has 0 saturated carbocycles. The van der Waals surface area contributed by atoms with Crippen LogP contribution in [-0.4, -0.2) is 21.0 Å². The van der Waals surface area contributed by atoms with Gasteiger partial charge in [-0.2, -0.15) is 0 Å². The fourth-order valence-electron chi connectivity index (χ4n) is 2.55. The summed E-state index contributed by atoms with van der Waals surface area (Å²) < 4.78 is 7.05. The number of fused-ring (bicyclic) bond motifs is 1. The van der Waals surface area contributed by atoms with Gasteiger partial charge in [0.05, 0.1) is 0 Å². The molecule has 0 amide bonds. The molecule has 2 nitrogen and oxygen atoms in total. The van der Waals surface area contributed by atoms with E-state index in [2.05, 4.69) is 75.7 Å². The SMILES string of the molecule is CCC[O][Sn]([Br])([Br])[CH2]Cc1cc2ccccc2cc1C(C)N. The van der Waals surface area contributed by atoms with Gasteiger partial charge < -0.3 is 0 Å². The maximum atomic E-state index is 6.19. The molecule has 120 valence electrons. The van der Waals surface area contributed by atoms with Crippen molar-refractivity contribution in [1.29, 1.82) is 0 Å². The molecule has 0 aliphatic heterocycles. The average molecular weight is 536 g/mol. The third-order valence-corrected chi connectivity index (χ3v) is 16.3. The molecule has 0 radical (unpaired) electrons. The van der Waals surface area contributed by atoms with Crippen LogP contribution >= 0.6 is 25.4 Å². The Morgan fingerprint density at radius 3 is 2.41 bits per heavy atom. The molecule has 0 aliphatic carbocycles. The van der Waals surface area contributed by atoms with Crippen molar-refractivity contribution in [1.82, 2.24) is 0 Å². The Kier molecular flexibility index (Phi) is 7.20. The first-order chi connectivity index (χ1) is 10.4. The van der Waals surface area contributed by atoms with Crippen molar-refractivity contribution in [2.45, 2.75) is 37.2 Å². The number of benzene rings is 2. The van der Waals surface area contributed by atoms with Crippen LogP contribution in [0, 0.1) is 0 Å². The Bertz CT molecular complexity index is 631. The van der Waals surface area contributed by atoms with Crippen LogP contribution in [0.15, 0.2) is 36.4 Å². The Morgan fingerprint density at radius 2 is 1.82 bits per heavy atom. The molecule has 0 aromatic heterocycles. The molecule has 2 rings (SSSR count). The number of hydrogen-bond acceptors (Lipinski definition) is 2. The predicted octanol–water partition coefficient (Wildman–Crippen LogP) is 5.56. The van der Waals surface area contributed by atoms with Gasteiger partial charge in [0.2, 0.25) is 0 Å². The van der Waals surface area contributed by atoms with Crippen LogP contribution in [0.1, 0.15) is 37.4 Å². The van der Waals surface area contributed by atoms with Gasteiger partial charge in [0.15, 0.2) is 0 Å². The van der Waals surface area contributed by atoms with E-state index in [1.54, 1.807) is 0 Å². The van der Waals surface area contributed by atoms with Gasteiger partial charge >= 0.3 is 151 Å². The van der Waals surface area contributed by atoms with E-state index in [0.717, 1.165) is 23.9 Å². The standard InChI is InChI=1S/C14H16N.C3H7O.2BrH.Sn/c1-3-11-8-12-6-4-5-7-13(12)9-14(11)10(2)15;1-2-3-4;;;/h4-10H,1,3,15H2,2H3;2-3H2,1H3;2*1H;/q;-1;;;+3/p-2. The van der Waals surface area contributed by atoms with E-state index in [4.69, 9.17) is 8.81 Å². The van der Waals surface area contributed by atoms with Crippen LogP contribution in [0.2, 0.25) is 4.44 Å². The van der Waals surface area contributed by atoms with Gasteiger partial charge in [0, 0.05) is 0 Å². The van der Waals surface area contributed by atoms with E-state index >= 15 is 0 Å². The van der Waals surface area contributed by atoms with Crippen molar-refractivity contribution < 1.29 is 3.07 Å². The molecule has 0 aliphatic rings. The monoisotopic (exact) mass is 535 g/mol. The molecule has 1 unspecified atom stereocenters. The topological polar surface area (TPSA) is 35.2 Å². The van der Waals surface area contributed by atoms with E-state index in [-0.39, 0.29) is 6.04 Å². The van der Waals surface area contributed by atoms with Crippen molar-refractivity contribution in [3.63, 3.8) is 0 Å². The summed E-state index contributed by atoms with van der Waals surface area (Å²) in [6.07, 6.45) is 2.05. The molecule has 22 heavy (non-hydrogen) atoms. The summed E-state index contributed by atoms with van der Waals surface area (Å²) >= 11 is 4.94. The van der Waals surface area contributed by atoms with Gasteiger partial charge in [0.1, 0.15) is 0 Å². The fraction of sp³-hybridized carbons (Fsp3) is 0.412. The molecule has 0 saturated heterocycles. The van der Waals surface area contributed by atoms with Gasteiger partial charge in [-0.25, -0.2) is 0 Å². The van der Waals surface area contributed by atoms with E-state index in [1.807, 2.05) is 0 Å². The fourth-order valence-corrected chi connectivity index (χ4v) is 10.8. The van der Waals surface area contributed by atoms with Crippen LogP contribution in [-0.2, 0) is 9.49 Å². The van der Waals surface area contributed by atoms with Gasteiger partial charge in [-0.1, -0.05) is 0 Å². The van der Waals surface area contributed by atoms with Crippen molar-refractivity contribution in [2.24, 2.45) is 5.73 Å². The first-order valence-electron chi connectivity index (χ1n) is 7.72. The zero-order valence-corrected chi connectivity index (χ0v) is 19.1. The second-order valence-electron chi connectivity index (χ2n) is 5.67. The number of nitrogens with two attached hydrogens (primary N) is 1. The summed E-state index contributed by atoms with van der Waals surface area (Å²) in [4.78, 5) is 0. The molecule has 5 heteroatoms. The maximum absolute atomic E-state index is 6.19. The molecule has 2 N–H and O–H groups in total. The average Bonchev–Trinajstić information content (AvgIpc) is 2.50. The van der Waals surface area contributed by atoms with Gasteiger partial charge in [0.25, 0.3) is 0 Å². The summed E-state index contributed by atoms with van der Waals surface area (Å²) in [6, 6.07) is 13.0.